The predicted molar refractivity (Wildman–Crippen MR) is 214 cm³/mol. The van der Waals surface area contributed by atoms with Crippen molar-refractivity contribution in [2.45, 2.75) is 57.3 Å². The summed E-state index contributed by atoms with van der Waals surface area (Å²) in [6.07, 6.45) is 0.142. The molecule has 320 valence electrons. The molecule has 0 aliphatic carbocycles. The third-order valence-corrected chi connectivity index (χ3v) is 12.6. The number of piperidine rings is 3. The number of carbonyl (C=O) groups excluding carboxylic acids is 5. The number of nitrogens with zero attached hydrogens (tertiary/aromatic N) is 7. The lowest BCUT2D eigenvalue weighted by atomic mass is 9.95. The van der Waals surface area contributed by atoms with E-state index in [2.05, 4.69) is 25.4 Å². The van der Waals surface area contributed by atoms with Gasteiger partial charge in [0.25, 0.3) is 11.8 Å². The van der Waals surface area contributed by atoms with Crippen LogP contribution >= 0.6 is 0 Å². The zero-order chi connectivity index (χ0) is 43.0. The van der Waals surface area contributed by atoms with E-state index in [1.807, 2.05) is 11.0 Å². The summed E-state index contributed by atoms with van der Waals surface area (Å²) in [4.78, 5) is 77.2. The minimum Gasteiger partial charge on any atom is -0.371 e. The van der Waals surface area contributed by atoms with E-state index in [4.69, 9.17) is 5.26 Å². The van der Waals surface area contributed by atoms with E-state index in [-0.39, 0.29) is 41.5 Å². The second kappa shape index (κ2) is 17.2. The SMILES string of the molecule is N#Cc1ccc(N2CCC(C(=O)Nc3ccc(CN4CCC(CN5CCN(c6cc7c(cc6F)C(=O)N(C6CCC(=O)NC6=O)C7=O)CC5)CC4)cn3)CC2)cc1C(F)(F)F. The standard InChI is InChI=1S/C43H45F4N9O5/c44-34-20-31-32(42(61)56(41(31)60)35-4-6-38(57)51-40(35)59)21-36(34)55-17-15-53(16-18-55)24-26-7-11-52(12-8-26)25-27-1-5-37(49-23-27)50-39(58)28-9-13-54(14-10-28)30-3-2-29(22-48)33(19-30)43(45,46)47/h1-3,5,19-21,23,26,28,35H,4,6-18,24-25H2,(H,49,50,58)(H,51,57,59). The van der Waals surface area contributed by atoms with Crippen molar-refractivity contribution in [1.29, 1.82) is 5.26 Å². The lowest BCUT2D eigenvalue weighted by Gasteiger charge is -2.39. The number of hydrogen-bond acceptors (Lipinski definition) is 11. The third kappa shape index (κ3) is 8.94. The first-order valence-electron chi connectivity index (χ1n) is 20.6. The molecule has 5 aliphatic rings. The molecule has 6 heterocycles. The number of carbonyl (C=O) groups is 5. The molecule has 1 atom stereocenters. The van der Waals surface area contributed by atoms with E-state index in [9.17, 15) is 37.1 Å². The number of nitriles is 1. The summed E-state index contributed by atoms with van der Waals surface area (Å²) in [5.74, 6) is -2.72. The van der Waals surface area contributed by atoms with Gasteiger partial charge in [0.15, 0.2) is 0 Å². The lowest BCUT2D eigenvalue weighted by molar-refractivity contribution is -0.138. The Hall–Kier alpha value is -5.93. The number of anilines is 3. The van der Waals surface area contributed by atoms with Gasteiger partial charge >= 0.3 is 6.18 Å². The Kier molecular flexibility index (Phi) is 11.8. The Morgan fingerprint density at radius 3 is 2.18 bits per heavy atom. The zero-order valence-electron chi connectivity index (χ0n) is 33.3. The Balaban J connectivity index is 0.754. The molecule has 14 nitrogen and oxygen atoms in total. The number of nitrogens with one attached hydrogen (secondary N) is 2. The van der Waals surface area contributed by atoms with Crippen LogP contribution < -0.4 is 20.4 Å². The molecule has 8 rings (SSSR count). The summed E-state index contributed by atoms with van der Waals surface area (Å²) in [5.41, 5.74) is 0.242. The summed E-state index contributed by atoms with van der Waals surface area (Å²) in [7, 11) is 0. The molecule has 4 fully saturated rings. The lowest BCUT2D eigenvalue weighted by Crippen LogP contribution is -2.54. The van der Waals surface area contributed by atoms with Crippen LogP contribution in [0.1, 0.15) is 75.9 Å². The summed E-state index contributed by atoms with van der Waals surface area (Å²) in [6, 6.07) is 10.4. The topological polar surface area (TPSA) is 162 Å². The second-order valence-corrected chi connectivity index (χ2v) is 16.4. The zero-order valence-corrected chi connectivity index (χ0v) is 33.3. The minimum atomic E-state index is -4.63. The van der Waals surface area contributed by atoms with Gasteiger partial charge in [-0.05, 0) is 93.1 Å². The Morgan fingerprint density at radius 1 is 0.836 bits per heavy atom. The highest BCUT2D eigenvalue weighted by atomic mass is 19.4. The van der Waals surface area contributed by atoms with E-state index >= 15 is 4.39 Å². The smallest absolute Gasteiger partial charge is 0.371 e. The van der Waals surface area contributed by atoms with Gasteiger partial charge in [0.1, 0.15) is 17.7 Å². The Bertz CT molecular complexity index is 2260. The van der Waals surface area contributed by atoms with E-state index < -0.39 is 52.8 Å². The molecule has 5 amide bonds. The average Bonchev–Trinajstić information content (AvgIpc) is 3.48. The molecule has 2 N–H and O–H groups in total. The maximum atomic E-state index is 15.4. The number of rotatable bonds is 9. The summed E-state index contributed by atoms with van der Waals surface area (Å²) < 4.78 is 55.8. The van der Waals surface area contributed by atoms with E-state index in [1.165, 1.54) is 18.2 Å². The van der Waals surface area contributed by atoms with Crippen LogP contribution in [-0.2, 0) is 27.1 Å². The highest BCUT2D eigenvalue weighted by molar-refractivity contribution is 6.23. The first-order chi connectivity index (χ1) is 29.2. The molecule has 61 heavy (non-hydrogen) atoms. The van der Waals surface area contributed by atoms with Gasteiger partial charge in [0.2, 0.25) is 17.7 Å². The van der Waals surface area contributed by atoms with Crippen LogP contribution in [0, 0.1) is 29.0 Å². The van der Waals surface area contributed by atoms with Crippen LogP contribution in [0.2, 0.25) is 0 Å². The summed E-state index contributed by atoms with van der Waals surface area (Å²) in [5, 5.41) is 14.1. The van der Waals surface area contributed by atoms with Crippen LogP contribution in [-0.4, -0.2) is 114 Å². The molecule has 1 aromatic heterocycles. The molecule has 0 saturated carbocycles. The van der Waals surface area contributed by atoms with Gasteiger partial charge in [-0.3, -0.25) is 44.0 Å². The minimum absolute atomic E-state index is 0.00460. The average molecular weight is 844 g/mol. The Labute approximate surface area is 349 Å². The van der Waals surface area contributed by atoms with Crippen molar-refractivity contribution in [3.05, 3.63) is 82.3 Å². The van der Waals surface area contributed by atoms with Crippen molar-refractivity contribution >= 4 is 46.7 Å². The number of likely N-dealkylation sites (tertiary alicyclic amines) is 1. The number of benzene rings is 2. The largest absolute Gasteiger partial charge is 0.417 e. The van der Waals surface area contributed by atoms with E-state index in [1.54, 1.807) is 23.2 Å². The van der Waals surface area contributed by atoms with Gasteiger partial charge < -0.3 is 15.1 Å². The van der Waals surface area contributed by atoms with Crippen LogP contribution in [0.5, 0.6) is 0 Å². The van der Waals surface area contributed by atoms with Crippen LogP contribution in [0.4, 0.5) is 34.8 Å². The number of amides is 5. The molecule has 0 spiro atoms. The molecule has 2 aromatic carbocycles. The summed E-state index contributed by atoms with van der Waals surface area (Å²) >= 11 is 0. The molecule has 1 unspecified atom stereocenters. The fourth-order valence-corrected chi connectivity index (χ4v) is 9.12. The van der Waals surface area contributed by atoms with Gasteiger partial charge in [-0.25, -0.2) is 9.37 Å². The molecular formula is C43H45F4N9O5. The first-order valence-corrected chi connectivity index (χ1v) is 20.6. The van der Waals surface area contributed by atoms with Crippen LogP contribution in [0.15, 0.2) is 48.7 Å². The molecule has 0 radical (unpaired) electrons. The van der Waals surface area contributed by atoms with Crippen LogP contribution in [0.3, 0.4) is 0 Å². The number of halogens is 4. The molecule has 3 aromatic rings. The number of aromatic nitrogens is 1. The highest BCUT2D eigenvalue weighted by Gasteiger charge is 2.45. The molecule has 18 heteroatoms. The third-order valence-electron chi connectivity index (χ3n) is 12.6. The Morgan fingerprint density at radius 2 is 1.54 bits per heavy atom. The monoisotopic (exact) mass is 843 g/mol. The second-order valence-electron chi connectivity index (χ2n) is 16.4. The number of hydrogen-bond donors (Lipinski definition) is 2. The molecule has 5 aliphatic heterocycles. The van der Waals surface area contributed by atoms with Crippen molar-refractivity contribution in [2.75, 3.05) is 74.0 Å². The summed E-state index contributed by atoms with van der Waals surface area (Å²) in [6.45, 7) is 6.82. The highest BCUT2D eigenvalue weighted by Crippen LogP contribution is 2.36. The van der Waals surface area contributed by atoms with Crippen molar-refractivity contribution in [2.24, 2.45) is 11.8 Å². The number of piperazine rings is 1. The van der Waals surface area contributed by atoms with Gasteiger partial charge in [0, 0.05) is 76.6 Å². The quantitative estimate of drug-likeness (QED) is 0.232. The van der Waals surface area contributed by atoms with Gasteiger partial charge in [-0.15, -0.1) is 0 Å². The first kappa shape index (κ1) is 41.8. The van der Waals surface area contributed by atoms with Gasteiger partial charge in [-0.2, -0.15) is 18.4 Å². The number of imide groups is 2. The fourth-order valence-electron chi connectivity index (χ4n) is 9.12. The van der Waals surface area contributed by atoms with Crippen molar-refractivity contribution in [1.82, 2.24) is 25.0 Å². The molecular weight excluding hydrogens is 799 g/mol. The maximum Gasteiger partial charge on any atom is 0.417 e. The van der Waals surface area contributed by atoms with Crippen LogP contribution in [0.25, 0.3) is 0 Å². The van der Waals surface area contributed by atoms with Crippen molar-refractivity contribution in [3.8, 4) is 6.07 Å². The number of pyridine rings is 1. The maximum absolute atomic E-state index is 15.4. The predicted octanol–water partition coefficient (Wildman–Crippen LogP) is 4.40. The van der Waals surface area contributed by atoms with E-state index in [0.717, 1.165) is 61.6 Å². The normalized spacial score (nSPS) is 21.1. The van der Waals surface area contributed by atoms with Gasteiger partial charge in [0.05, 0.1) is 34.0 Å². The fraction of sp³-hybridized carbons (Fsp3) is 0.465. The molecule has 0 bridgehead atoms. The van der Waals surface area contributed by atoms with E-state index in [0.29, 0.717) is 69.5 Å². The van der Waals surface area contributed by atoms with Gasteiger partial charge in [-0.1, -0.05) is 6.07 Å². The number of fused-ring (bicyclic) bond motifs is 1. The number of alkyl halides is 3. The molecule has 4 saturated heterocycles. The van der Waals surface area contributed by atoms with Crippen molar-refractivity contribution < 1.29 is 41.5 Å². The van der Waals surface area contributed by atoms with Crippen molar-refractivity contribution in [3.63, 3.8) is 0 Å².